The molecule has 8 nitrogen and oxygen atoms in total. The van der Waals surface area contributed by atoms with Crippen molar-refractivity contribution >= 4 is 16.6 Å². The lowest BCUT2D eigenvalue weighted by atomic mass is 10.0. The molecule has 0 saturated heterocycles. The van der Waals surface area contributed by atoms with E-state index in [0.717, 1.165) is 33.3 Å². The van der Waals surface area contributed by atoms with Crippen molar-refractivity contribution in [1.29, 1.82) is 5.26 Å². The number of hydrogen-bond donors (Lipinski definition) is 1. The number of fused-ring (bicyclic) bond motifs is 2. The number of benzene rings is 1. The highest BCUT2D eigenvalue weighted by Crippen LogP contribution is 2.33. The van der Waals surface area contributed by atoms with Crippen LogP contribution in [0.5, 0.6) is 5.75 Å². The third-order valence-corrected chi connectivity index (χ3v) is 5.24. The van der Waals surface area contributed by atoms with Gasteiger partial charge in [0.05, 0.1) is 24.7 Å². The molecular formula is C21H16FN7O. The first-order valence-corrected chi connectivity index (χ1v) is 9.36. The van der Waals surface area contributed by atoms with E-state index in [2.05, 4.69) is 25.6 Å². The SMILES string of the molecule is Cn1nc(C#N)cc1-c1cnc(NCc2c(F)ccc3c2CCO3)c2cnncc12. The van der Waals surface area contributed by atoms with E-state index in [4.69, 9.17) is 10.00 Å². The summed E-state index contributed by atoms with van der Waals surface area (Å²) in [5, 5.41) is 26.1. The maximum Gasteiger partial charge on any atom is 0.163 e. The molecule has 148 valence electrons. The van der Waals surface area contributed by atoms with Gasteiger partial charge in [-0.25, -0.2) is 9.37 Å². The molecule has 0 fully saturated rings. The van der Waals surface area contributed by atoms with Crippen molar-refractivity contribution in [2.45, 2.75) is 13.0 Å². The monoisotopic (exact) mass is 401 g/mol. The zero-order chi connectivity index (χ0) is 20.7. The van der Waals surface area contributed by atoms with Crippen LogP contribution in [0.25, 0.3) is 22.0 Å². The van der Waals surface area contributed by atoms with E-state index < -0.39 is 0 Å². The van der Waals surface area contributed by atoms with Gasteiger partial charge in [-0.3, -0.25) is 4.68 Å². The molecule has 0 saturated carbocycles. The van der Waals surface area contributed by atoms with E-state index in [1.807, 2.05) is 6.07 Å². The molecule has 9 heteroatoms. The van der Waals surface area contributed by atoms with Crippen LogP contribution in [-0.2, 0) is 20.0 Å². The van der Waals surface area contributed by atoms with Crippen LogP contribution in [0, 0.1) is 17.1 Å². The number of aromatic nitrogens is 5. The summed E-state index contributed by atoms with van der Waals surface area (Å²) in [6, 6.07) is 6.84. The van der Waals surface area contributed by atoms with Crippen molar-refractivity contribution in [3.8, 4) is 23.1 Å². The highest BCUT2D eigenvalue weighted by atomic mass is 19.1. The standard InChI is InChI=1S/C21H16FN7O/c1-29-19(6-12(7-23)28-29)16-9-25-21(17-11-27-26-10-14(16)17)24-8-15-13-4-5-30-20(13)3-2-18(15)22/h2-3,6,9-11H,4-5,8H2,1H3,(H,24,25). The van der Waals surface area contributed by atoms with E-state index in [1.165, 1.54) is 6.07 Å². The summed E-state index contributed by atoms with van der Waals surface area (Å²) < 4.78 is 21.6. The van der Waals surface area contributed by atoms with Gasteiger partial charge in [-0.1, -0.05) is 0 Å². The van der Waals surface area contributed by atoms with Gasteiger partial charge in [0.1, 0.15) is 23.5 Å². The Morgan fingerprint density at radius 2 is 2.07 bits per heavy atom. The zero-order valence-corrected chi connectivity index (χ0v) is 16.1. The Morgan fingerprint density at radius 3 is 2.87 bits per heavy atom. The molecular weight excluding hydrogens is 385 g/mol. The number of aryl methyl sites for hydroxylation is 1. The Balaban J connectivity index is 1.54. The van der Waals surface area contributed by atoms with Gasteiger partial charge in [-0.05, 0) is 12.1 Å². The molecule has 0 unspecified atom stereocenters. The molecule has 3 aromatic heterocycles. The predicted octanol–water partition coefficient (Wildman–Crippen LogP) is 2.98. The number of nitrogens with zero attached hydrogens (tertiary/aromatic N) is 6. The molecule has 1 aromatic carbocycles. The Labute approximate surface area is 171 Å². The van der Waals surface area contributed by atoms with Gasteiger partial charge in [0.25, 0.3) is 0 Å². The summed E-state index contributed by atoms with van der Waals surface area (Å²) in [5.74, 6) is 1.03. The highest BCUT2D eigenvalue weighted by molar-refractivity contribution is 6.00. The molecule has 1 aliphatic heterocycles. The predicted molar refractivity (Wildman–Crippen MR) is 107 cm³/mol. The number of halogens is 1. The molecule has 30 heavy (non-hydrogen) atoms. The first-order valence-electron chi connectivity index (χ1n) is 9.36. The summed E-state index contributed by atoms with van der Waals surface area (Å²) in [6.07, 6.45) is 5.64. The van der Waals surface area contributed by atoms with Gasteiger partial charge in [0.2, 0.25) is 0 Å². The number of hydrogen-bond acceptors (Lipinski definition) is 7. The number of rotatable bonds is 4. The molecule has 0 aliphatic carbocycles. The van der Waals surface area contributed by atoms with Crippen LogP contribution in [0.4, 0.5) is 10.2 Å². The molecule has 0 bridgehead atoms. The minimum absolute atomic E-state index is 0.270. The van der Waals surface area contributed by atoms with E-state index in [9.17, 15) is 4.39 Å². The Morgan fingerprint density at radius 1 is 1.23 bits per heavy atom. The largest absolute Gasteiger partial charge is 0.493 e. The number of pyridine rings is 1. The fraction of sp³-hybridized carbons (Fsp3) is 0.190. The lowest BCUT2D eigenvalue weighted by Gasteiger charge is -2.13. The number of nitrogens with one attached hydrogen (secondary N) is 1. The van der Waals surface area contributed by atoms with Crippen LogP contribution in [0.15, 0.2) is 36.8 Å². The second kappa shape index (κ2) is 7.08. The summed E-state index contributed by atoms with van der Waals surface area (Å²) in [7, 11) is 1.77. The lowest BCUT2D eigenvalue weighted by Crippen LogP contribution is -2.07. The summed E-state index contributed by atoms with van der Waals surface area (Å²) in [5.41, 5.74) is 3.31. The third kappa shape index (κ3) is 2.90. The normalized spacial score (nSPS) is 12.4. The molecule has 4 aromatic rings. The number of ether oxygens (including phenoxy) is 1. The fourth-order valence-corrected chi connectivity index (χ4v) is 3.79. The highest BCUT2D eigenvalue weighted by Gasteiger charge is 2.20. The maximum atomic E-state index is 14.5. The van der Waals surface area contributed by atoms with Crippen LogP contribution in [0.2, 0.25) is 0 Å². The average Bonchev–Trinajstić information content (AvgIpc) is 3.39. The Bertz CT molecular complexity index is 1330. The smallest absolute Gasteiger partial charge is 0.163 e. The van der Waals surface area contributed by atoms with Gasteiger partial charge in [0, 0.05) is 59.7 Å². The minimum atomic E-state index is -0.272. The van der Waals surface area contributed by atoms with Gasteiger partial charge in [-0.15, -0.1) is 0 Å². The number of nitriles is 1. The van der Waals surface area contributed by atoms with Crippen LogP contribution in [0.1, 0.15) is 16.8 Å². The second-order valence-electron chi connectivity index (χ2n) is 6.94. The number of anilines is 1. The van der Waals surface area contributed by atoms with Crippen LogP contribution < -0.4 is 10.1 Å². The molecule has 0 spiro atoms. The average molecular weight is 401 g/mol. The first kappa shape index (κ1) is 18.0. The van der Waals surface area contributed by atoms with Crippen LogP contribution in [-0.4, -0.2) is 31.6 Å². The second-order valence-corrected chi connectivity index (χ2v) is 6.94. The molecule has 5 rings (SSSR count). The quantitative estimate of drug-likeness (QED) is 0.561. The fourth-order valence-electron chi connectivity index (χ4n) is 3.79. The van der Waals surface area contributed by atoms with Gasteiger partial charge >= 0.3 is 0 Å². The van der Waals surface area contributed by atoms with Gasteiger partial charge in [-0.2, -0.15) is 20.6 Å². The molecule has 4 heterocycles. The molecule has 0 amide bonds. The zero-order valence-electron chi connectivity index (χ0n) is 16.1. The van der Waals surface area contributed by atoms with Crippen molar-refractivity contribution in [3.05, 3.63) is 59.4 Å². The van der Waals surface area contributed by atoms with Crippen LogP contribution in [0.3, 0.4) is 0 Å². The van der Waals surface area contributed by atoms with Crippen molar-refractivity contribution in [2.24, 2.45) is 7.05 Å². The third-order valence-electron chi connectivity index (χ3n) is 5.24. The van der Waals surface area contributed by atoms with E-state index in [-0.39, 0.29) is 12.4 Å². The minimum Gasteiger partial charge on any atom is -0.493 e. The van der Waals surface area contributed by atoms with Crippen molar-refractivity contribution < 1.29 is 9.13 Å². The van der Waals surface area contributed by atoms with E-state index in [1.54, 1.807) is 42.5 Å². The van der Waals surface area contributed by atoms with Crippen molar-refractivity contribution in [3.63, 3.8) is 0 Å². The van der Waals surface area contributed by atoms with Gasteiger partial charge < -0.3 is 10.1 Å². The topological polar surface area (TPSA) is 102 Å². The van der Waals surface area contributed by atoms with E-state index in [0.29, 0.717) is 30.1 Å². The van der Waals surface area contributed by atoms with Crippen molar-refractivity contribution in [2.75, 3.05) is 11.9 Å². The summed E-state index contributed by atoms with van der Waals surface area (Å²) in [4.78, 5) is 4.54. The maximum absolute atomic E-state index is 14.5. The Kier molecular flexibility index (Phi) is 4.25. The van der Waals surface area contributed by atoms with Crippen molar-refractivity contribution in [1.82, 2.24) is 25.0 Å². The summed E-state index contributed by atoms with van der Waals surface area (Å²) >= 11 is 0. The first-order chi connectivity index (χ1) is 14.7. The molecule has 0 atom stereocenters. The lowest BCUT2D eigenvalue weighted by molar-refractivity contribution is 0.356. The molecule has 1 N–H and O–H groups in total. The molecule has 0 radical (unpaired) electrons. The molecule has 1 aliphatic rings. The summed E-state index contributed by atoms with van der Waals surface area (Å²) in [6.45, 7) is 0.832. The Hall–Kier alpha value is -4.06. The van der Waals surface area contributed by atoms with Gasteiger partial charge in [0.15, 0.2) is 5.69 Å². The van der Waals surface area contributed by atoms with Crippen LogP contribution >= 0.6 is 0 Å². The van der Waals surface area contributed by atoms with E-state index >= 15 is 0 Å².